The van der Waals surface area contributed by atoms with E-state index in [1.165, 1.54) is 24.2 Å². The number of rotatable bonds is 5. The minimum atomic E-state index is -0.0127. The second-order valence-corrected chi connectivity index (χ2v) is 7.47. The lowest BCUT2D eigenvalue weighted by atomic mass is 9.93. The molecule has 0 radical (unpaired) electrons. The molecule has 23 heavy (non-hydrogen) atoms. The van der Waals surface area contributed by atoms with Gasteiger partial charge in [0.2, 0.25) is 0 Å². The molecule has 2 fully saturated rings. The Bertz CT molecular complexity index is 528. The van der Waals surface area contributed by atoms with Gasteiger partial charge in [-0.2, -0.15) is 0 Å². The molecule has 128 valence electrons. The molecule has 0 aromatic carbocycles. The summed E-state index contributed by atoms with van der Waals surface area (Å²) in [5.74, 6) is 1.09. The van der Waals surface area contributed by atoms with Crippen molar-refractivity contribution in [2.24, 2.45) is 5.92 Å². The molecular weight excluding hydrogens is 312 g/mol. The Balaban J connectivity index is 1.51. The second-order valence-electron chi connectivity index (χ2n) is 6.56. The van der Waals surface area contributed by atoms with Crippen LogP contribution in [0.15, 0.2) is 11.4 Å². The quantitative estimate of drug-likeness (QED) is 0.895. The van der Waals surface area contributed by atoms with E-state index in [2.05, 4.69) is 17.1 Å². The van der Waals surface area contributed by atoms with Crippen molar-refractivity contribution in [2.75, 3.05) is 33.4 Å². The van der Waals surface area contributed by atoms with Crippen LogP contribution in [-0.2, 0) is 4.74 Å². The average Bonchev–Trinajstić information content (AvgIpc) is 3.20. The van der Waals surface area contributed by atoms with Gasteiger partial charge in [0.05, 0.1) is 13.2 Å². The maximum atomic E-state index is 12.4. The summed E-state index contributed by atoms with van der Waals surface area (Å²) in [5, 5.41) is 5.08. The third kappa shape index (κ3) is 4.05. The smallest absolute Gasteiger partial charge is 0.265 e. The van der Waals surface area contributed by atoms with Gasteiger partial charge < -0.3 is 19.7 Å². The summed E-state index contributed by atoms with van der Waals surface area (Å²) in [6.45, 7) is 6.21. The van der Waals surface area contributed by atoms with E-state index in [-0.39, 0.29) is 11.9 Å². The van der Waals surface area contributed by atoms with Crippen molar-refractivity contribution in [3.05, 3.63) is 16.3 Å². The van der Waals surface area contributed by atoms with Gasteiger partial charge in [0.25, 0.3) is 5.91 Å². The largest absolute Gasteiger partial charge is 0.495 e. The number of carbonyl (C=O) groups is 1. The van der Waals surface area contributed by atoms with Crippen molar-refractivity contribution in [1.82, 2.24) is 10.2 Å². The number of likely N-dealkylation sites (tertiary alicyclic amines) is 1. The molecule has 3 atom stereocenters. The molecule has 0 saturated carbocycles. The Hall–Kier alpha value is -1.11. The minimum absolute atomic E-state index is 0.0127. The van der Waals surface area contributed by atoms with E-state index in [4.69, 9.17) is 9.47 Å². The van der Waals surface area contributed by atoms with E-state index in [0.29, 0.717) is 22.6 Å². The van der Waals surface area contributed by atoms with Crippen LogP contribution in [0.2, 0.25) is 0 Å². The van der Waals surface area contributed by atoms with Crippen LogP contribution in [0.1, 0.15) is 35.9 Å². The van der Waals surface area contributed by atoms with Crippen LogP contribution in [0.3, 0.4) is 0 Å². The number of hydrogen-bond acceptors (Lipinski definition) is 5. The summed E-state index contributed by atoms with van der Waals surface area (Å²) < 4.78 is 11.0. The molecule has 1 N–H and O–H groups in total. The third-order valence-corrected chi connectivity index (χ3v) is 5.74. The van der Waals surface area contributed by atoms with Gasteiger partial charge in [0.15, 0.2) is 0 Å². The van der Waals surface area contributed by atoms with E-state index in [1.54, 1.807) is 7.11 Å². The second kappa shape index (κ2) is 7.64. The van der Waals surface area contributed by atoms with Crippen LogP contribution in [0.4, 0.5) is 0 Å². The molecule has 2 aliphatic heterocycles. The fourth-order valence-electron chi connectivity index (χ4n) is 3.55. The molecule has 6 heteroatoms. The van der Waals surface area contributed by atoms with Crippen molar-refractivity contribution in [3.63, 3.8) is 0 Å². The fourth-order valence-corrected chi connectivity index (χ4v) is 4.31. The van der Waals surface area contributed by atoms with Crippen LogP contribution in [0.25, 0.3) is 0 Å². The average molecular weight is 338 g/mol. The molecule has 3 rings (SSSR count). The first kappa shape index (κ1) is 16.7. The number of hydrogen-bond donors (Lipinski definition) is 1. The Morgan fingerprint density at radius 1 is 1.52 bits per heavy atom. The highest BCUT2D eigenvalue weighted by molar-refractivity contribution is 7.12. The molecule has 0 unspecified atom stereocenters. The normalized spacial score (nSPS) is 28.7. The minimum Gasteiger partial charge on any atom is -0.495 e. The lowest BCUT2D eigenvalue weighted by molar-refractivity contribution is 0.0499. The van der Waals surface area contributed by atoms with Gasteiger partial charge in [-0.15, -0.1) is 11.3 Å². The molecule has 0 spiro atoms. The number of piperidine rings is 1. The molecule has 1 aromatic heterocycles. The summed E-state index contributed by atoms with van der Waals surface area (Å²) in [7, 11) is 1.60. The first-order valence-corrected chi connectivity index (χ1v) is 9.31. The number of nitrogens with zero attached hydrogens (tertiary/aromatic N) is 1. The summed E-state index contributed by atoms with van der Waals surface area (Å²) in [4.78, 5) is 15.6. The number of thiophene rings is 1. The van der Waals surface area contributed by atoms with E-state index in [1.807, 2.05) is 11.4 Å². The Kier molecular flexibility index (Phi) is 5.56. The van der Waals surface area contributed by atoms with Gasteiger partial charge in [-0.25, -0.2) is 0 Å². The molecule has 5 nitrogen and oxygen atoms in total. The number of nitrogens with one attached hydrogen (secondary N) is 1. The molecule has 2 saturated heterocycles. The van der Waals surface area contributed by atoms with Gasteiger partial charge in [-0.3, -0.25) is 4.79 Å². The van der Waals surface area contributed by atoms with Gasteiger partial charge >= 0.3 is 0 Å². The van der Waals surface area contributed by atoms with E-state index in [9.17, 15) is 4.79 Å². The van der Waals surface area contributed by atoms with Crippen molar-refractivity contribution < 1.29 is 14.3 Å². The topological polar surface area (TPSA) is 50.8 Å². The number of amides is 1. The lowest BCUT2D eigenvalue weighted by Crippen LogP contribution is -2.51. The number of ether oxygens (including phenoxy) is 2. The van der Waals surface area contributed by atoms with Gasteiger partial charge in [0, 0.05) is 32.3 Å². The third-order valence-electron chi connectivity index (χ3n) is 4.85. The van der Waals surface area contributed by atoms with Crippen molar-refractivity contribution >= 4 is 17.2 Å². The van der Waals surface area contributed by atoms with Crippen LogP contribution in [0.5, 0.6) is 5.75 Å². The van der Waals surface area contributed by atoms with Crippen LogP contribution in [0, 0.1) is 5.92 Å². The number of methoxy groups -OCH3 is 1. The first-order valence-electron chi connectivity index (χ1n) is 8.43. The molecule has 3 heterocycles. The fraction of sp³-hybridized carbons (Fsp3) is 0.706. The van der Waals surface area contributed by atoms with Crippen molar-refractivity contribution in [1.29, 1.82) is 0 Å². The highest BCUT2D eigenvalue weighted by Gasteiger charge is 2.30. The van der Waals surface area contributed by atoms with E-state index >= 15 is 0 Å². The molecular formula is C17H26N2O3S. The Morgan fingerprint density at radius 2 is 2.39 bits per heavy atom. The molecule has 1 aromatic rings. The molecule has 2 aliphatic rings. The molecule has 0 aliphatic carbocycles. The van der Waals surface area contributed by atoms with Crippen LogP contribution >= 0.6 is 11.3 Å². The summed E-state index contributed by atoms with van der Waals surface area (Å²) >= 11 is 1.43. The van der Waals surface area contributed by atoms with Crippen LogP contribution < -0.4 is 10.1 Å². The van der Waals surface area contributed by atoms with Gasteiger partial charge in [-0.1, -0.05) is 6.92 Å². The van der Waals surface area contributed by atoms with E-state index < -0.39 is 0 Å². The highest BCUT2D eigenvalue weighted by atomic mass is 32.1. The predicted molar refractivity (Wildman–Crippen MR) is 91.3 cm³/mol. The monoisotopic (exact) mass is 338 g/mol. The summed E-state index contributed by atoms with van der Waals surface area (Å²) in [6.07, 6.45) is 3.77. The maximum absolute atomic E-state index is 12.4. The summed E-state index contributed by atoms with van der Waals surface area (Å²) in [5.41, 5.74) is 0. The van der Waals surface area contributed by atoms with Gasteiger partial charge in [-0.05, 0) is 36.6 Å². The van der Waals surface area contributed by atoms with Crippen molar-refractivity contribution in [3.8, 4) is 5.75 Å². The zero-order chi connectivity index (χ0) is 16.2. The Labute approximate surface area is 142 Å². The summed E-state index contributed by atoms with van der Waals surface area (Å²) in [6, 6.07) is 2.07. The van der Waals surface area contributed by atoms with Gasteiger partial charge in [0.1, 0.15) is 10.6 Å². The first-order chi connectivity index (χ1) is 11.2. The molecule has 1 amide bonds. The SMILES string of the molecule is COc1ccsc1C(=O)N[C@@H]1CCN(C[C@@H]2CCCO2)C[C@@H]1C. The zero-order valence-electron chi connectivity index (χ0n) is 13.9. The number of carbonyl (C=O) groups excluding carboxylic acids is 1. The van der Waals surface area contributed by atoms with Crippen LogP contribution in [-0.4, -0.2) is 56.3 Å². The molecule has 0 bridgehead atoms. The zero-order valence-corrected chi connectivity index (χ0v) is 14.7. The standard InChI is InChI=1S/C17H26N2O3S/c1-12-10-19(11-13-4-3-8-22-13)7-5-14(12)18-17(20)16-15(21-2)6-9-23-16/h6,9,12-14H,3-5,7-8,10-11H2,1-2H3,(H,18,20)/t12-,13-,14+/m0/s1. The maximum Gasteiger partial charge on any atom is 0.265 e. The lowest BCUT2D eigenvalue weighted by Gasteiger charge is -2.38. The Morgan fingerprint density at radius 3 is 3.09 bits per heavy atom. The highest BCUT2D eigenvalue weighted by Crippen LogP contribution is 2.26. The predicted octanol–water partition coefficient (Wildman–Crippen LogP) is 2.38. The van der Waals surface area contributed by atoms with E-state index in [0.717, 1.165) is 32.7 Å². The van der Waals surface area contributed by atoms with Crippen molar-refractivity contribution in [2.45, 2.75) is 38.3 Å².